The van der Waals surface area contributed by atoms with Crippen LogP contribution in [0.15, 0.2) is 36.8 Å². The predicted molar refractivity (Wildman–Crippen MR) is 93.2 cm³/mol. The van der Waals surface area contributed by atoms with Crippen molar-refractivity contribution in [2.24, 2.45) is 5.41 Å². The highest BCUT2D eigenvalue weighted by atomic mass is 19.4. The lowest BCUT2D eigenvalue weighted by atomic mass is 10.0. The molecule has 0 radical (unpaired) electrons. The van der Waals surface area contributed by atoms with E-state index in [0.717, 1.165) is 5.56 Å². The maximum Gasteiger partial charge on any atom is 0.394 e. The van der Waals surface area contributed by atoms with Crippen LogP contribution in [0.3, 0.4) is 0 Å². The Morgan fingerprint density at radius 3 is 2.57 bits per heavy atom. The number of rotatable bonds is 8. The lowest BCUT2D eigenvalue weighted by molar-refractivity contribution is -0.188. The first kappa shape index (κ1) is 19.8. The number of hydrogen-bond donors (Lipinski definition) is 2. The van der Waals surface area contributed by atoms with E-state index >= 15 is 0 Å². The Morgan fingerprint density at radius 2 is 1.89 bits per heavy atom. The minimum atomic E-state index is -4.20. The van der Waals surface area contributed by atoms with Gasteiger partial charge in [0.2, 0.25) is 5.88 Å². The molecule has 2 N–H and O–H groups in total. The summed E-state index contributed by atoms with van der Waals surface area (Å²) >= 11 is 0. The average molecular weight is 395 g/mol. The number of ether oxygens (including phenoxy) is 1. The lowest BCUT2D eigenvalue weighted by Gasteiger charge is -2.19. The molecule has 0 bridgehead atoms. The highest BCUT2D eigenvalue weighted by molar-refractivity contribution is 5.73. The Kier molecular flexibility index (Phi) is 5.96. The highest BCUT2D eigenvalue weighted by Gasteiger charge is 2.62. The monoisotopic (exact) mass is 395 g/mol. The summed E-state index contributed by atoms with van der Waals surface area (Å²) < 4.78 is 44.0. The SMILES string of the molecule is O=C(NCCC1(C(F)(F)F)CC1)NCc1ccnc(OCc2ncccn2)c1. The zero-order valence-electron chi connectivity index (χ0n) is 15.0. The van der Waals surface area contributed by atoms with Crippen molar-refractivity contribution in [3.63, 3.8) is 0 Å². The summed E-state index contributed by atoms with van der Waals surface area (Å²) in [6.45, 7) is 0.330. The predicted octanol–water partition coefficient (Wildman–Crippen LogP) is 2.98. The number of pyridine rings is 1. The Morgan fingerprint density at radius 1 is 1.14 bits per heavy atom. The van der Waals surface area contributed by atoms with E-state index in [1.807, 2.05) is 0 Å². The van der Waals surface area contributed by atoms with Gasteiger partial charge in [-0.3, -0.25) is 0 Å². The lowest BCUT2D eigenvalue weighted by Crippen LogP contribution is -2.37. The third kappa shape index (κ3) is 5.30. The largest absolute Gasteiger partial charge is 0.469 e. The number of hydrogen-bond acceptors (Lipinski definition) is 5. The molecule has 2 aromatic heterocycles. The van der Waals surface area contributed by atoms with Crippen LogP contribution < -0.4 is 15.4 Å². The molecule has 1 fully saturated rings. The van der Waals surface area contributed by atoms with Crippen LogP contribution in [0.5, 0.6) is 5.88 Å². The molecule has 0 aliphatic heterocycles. The van der Waals surface area contributed by atoms with Gasteiger partial charge in [0.25, 0.3) is 0 Å². The molecule has 10 heteroatoms. The standard InChI is InChI=1S/C18H20F3N5O2/c19-18(20,21)17(3-4-17)5-9-25-16(27)26-11-13-2-8-24-15(10-13)28-12-14-22-6-1-7-23-14/h1-2,6-8,10H,3-5,9,11-12H2,(H2,25,26,27). The quantitative estimate of drug-likeness (QED) is 0.717. The summed E-state index contributed by atoms with van der Waals surface area (Å²) in [5.41, 5.74) is -0.872. The smallest absolute Gasteiger partial charge is 0.394 e. The van der Waals surface area contributed by atoms with Gasteiger partial charge in [-0.15, -0.1) is 0 Å². The second-order valence-electron chi connectivity index (χ2n) is 6.59. The van der Waals surface area contributed by atoms with Gasteiger partial charge < -0.3 is 15.4 Å². The van der Waals surface area contributed by atoms with Crippen molar-refractivity contribution in [2.45, 2.75) is 38.6 Å². The van der Waals surface area contributed by atoms with Crippen molar-refractivity contribution in [2.75, 3.05) is 6.54 Å². The summed E-state index contributed by atoms with van der Waals surface area (Å²) in [5, 5.41) is 5.07. The van der Waals surface area contributed by atoms with Crippen molar-refractivity contribution in [3.8, 4) is 5.88 Å². The van der Waals surface area contributed by atoms with E-state index < -0.39 is 17.6 Å². The Bertz CT molecular complexity index is 797. The molecule has 28 heavy (non-hydrogen) atoms. The number of halogens is 3. The van der Waals surface area contributed by atoms with E-state index in [1.54, 1.807) is 30.6 Å². The summed E-state index contributed by atoms with van der Waals surface area (Å²) in [5.74, 6) is 0.868. The van der Waals surface area contributed by atoms with Crippen LogP contribution in [-0.2, 0) is 13.2 Å². The van der Waals surface area contributed by atoms with Gasteiger partial charge in [-0.05, 0) is 37.0 Å². The third-order valence-electron chi connectivity index (χ3n) is 4.56. The van der Waals surface area contributed by atoms with Gasteiger partial charge in [0.05, 0.1) is 5.41 Å². The molecule has 0 aromatic carbocycles. The molecule has 1 aliphatic rings. The minimum absolute atomic E-state index is 0.0207. The Balaban J connectivity index is 1.40. The summed E-state index contributed by atoms with van der Waals surface area (Å²) in [7, 11) is 0. The van der Waals surface area contributed by atoms with E-state index in [4.69, 9.17) is 4.74 Å². The molecule has 7 nitrogen and oxygen atoms in total. The number of carbonyl (C=O) groups excluding carboxylic acids is 1. The summed E-state index contributed by atoms with van der Waals surface area (Å²) in [6, 6.07) is 4.54. The maximum atomic E-state index is 12.8. The normalized spacial score (nSPS) is 15.0. The zero-order chi connectivity index (χ0) is 20.0. The second kappa shape index (κ2) is 8.41. The average Bonchev–Trinajstić information content (AvgIpc) is 3.47. The van der Waals surface area contributed by atoms with Crippen LogP contribution >= 0.6 is 0 Å². The van der Waals surface area contributed by atoms with Crippen LogP contribution in [0.1, 0.15) is 30.7 Å². The molecule has 0 spiro atoms. The molecule has 0 unspecified atom stereocenters. The number of urea groups is 1. The Labute approximate surface area is 159 Å². The van der Waals surface area contributed by atoms with E-state index in [0.29, 0.717) is 11.7 Å². The first-order valence-electron chi connectivity index (χ1n) is 8.80. The van der Waals surface area contributed by atoms with Gasteiger partial charge in [0.15, 0.2) is 5.82 Å². The highest BCUT2D eigenvalue weighted by Crippen LogP contribution is 2.59. The van der Waals surface area contributed by atoms with Gasteiger partial charge in [-0.2, -0.15) is 13.2 Å². The van der Waals surface area contributed by atoms with Gasteiger partial charge >= 0.3 is 12.2 Å². The first-order chi connectivity index (χ1) is 13.4. The van der Waals surface area contributed by atoms with Crippen LogP contribution in [0.25, 0.3) is 0 Å². The molecule has 2 aromatic rings. The van der Waals surface area contributed by atoms with Crippen molar-refractivity contribution < 1.29 is 22.7 Å². The van der Waals surface area contributed by atoms with E-state index in [-0.39, 0.29) is 39.0 Å². The number of nitrogens with zero attached hydrogens (tertiary/aromatic N) is 3. The van der Waals surface area contributed by atoms with Gasteiger partial charge in [0, 0.05) is 37.7 Å². The fraction of sp³-hybridized carbons (Fsp3) is 0.444. The van der Waals surface area contributed by atoms with Crippen LogP contribution in [0.2, 0.25) is 0 Å². The van der Waals surface area contributed by atoms with E-state index in [9.17, 15) is 18.0 Å². The van der Waals surface area contributed by atoms with Crippen molar-refractivity contribution in [3.05, 3.63) is 48.2 Å². The number of alkyl halides is 3. The van der Waals surface area contributed by atoms with Gasteiger partial charge in [-0.1, -0.05) is 0 Å². The molecule has 0 saturated heterocycles. The summed E-state index contributed by atoms with van der Waals surface area (Å²) in [4.78, 5) is 24.0. The van der Waals surface area contributed by atoms with Crippen LogP contribution in [-0.4, -0.2) is 33.7 Å². The van der Waals surface area contributed by atoms with Crippen molar-refractivity contribution in [1.82, 2.24) is 25.6 Å². The molecule has 1 aliphatic carbocycles. The zero-order valence-corrected chi connectivity index (χ0v) is 15.0. The fourth-order valence-corrected chi connectivity index (χ4v) is 2.67. The molecule has 0 atom stereocenters. The second-order valence-corrected chi connectivity index (χ2v) is 6.59. The minimum Gasteiger partial charge on any atom is -0.469 e. The molecule has 2 heterocycles. The topological polar surface area (TPSA) is 89.0 Å². The molecule has 2 amide bonds. The number of nitrogens with one attached hydrogen (secondary N) is 2. The number of carbonyl (C=O) groups is 1. The molecule has 150 valence electrons. The Hall–Kier alpha value is -2.91. The molecular weight excluding hydrogens is 375 g/mol. The summed E-state index contributed by atoms with van der Waals surface area (Å²) in [6.07, 6.45) is 0.718. The van der Waals surface area contributed by atoms with Crippen molar-refractivity contribution in [1.29, 1.82) is 0 Å². The van der Waals surface area contributed by atoms with E-state index in [1.165, 1.54) is 6.20 Å². The third-order valence-corrected chi connectivity index (χ3v) is 4.56. The number of aromatic nitrogens is 3. The van der Waals surface area contributed by atoms with E-state index in [2.05, 4.69) is 25.6 Å². The van der Waals surface area contributed by atoms with Gasteiger partial charge in [-0.25, -0.2) is 19.7 Å². The van der Waals surface area contributed by atoms with Crippen LogP contribution in [0.4, 0.5) is 18.0 Å². The van der Waals surface area contributed by atoms with Crippen LogP contribution in [0, 0.1) is 5.41 Å². The first-order valence-corrected chi connectivity index (χ1v) is 8.80. The molecule has 1 saturated carbocycles. The fourth-order valence-electron chi connectivity index (χ4n) is 2.67. The maximum absolute atomic E-state index is 12.8. The van der Waals surface area contributed by atoms with Crippen molar-refractivity contribution >= 4 is 6.03 Å². The molecule has 3 rings (SSSR count). The van der Waals surface area contributed by atoms with Gasteiger partial charge in [0.1, 0.15) is 6.61 Å². The number of amides is 2. The molecular formula is C18H20F3N5O2.